The normalized spacial score (nSPS) is 20.2. The fourth-order valence-corrected chi connectivity index (χ4v) is 9.73. The van der Waals surface area contributed by atoms with Gasteiger partial charge in [-0.3, -0.25) is 14.4 Å². The van der Waals surface area contributed by atoms with E-state index in [2.05, 4.69) is 63.6 Å². The number of carbonyl (C=O) groups is 4. The first-order valence-corrected chi connectivity index (χ1v) is 23.0. The zero-order chi connectivity index (χ0) is 46.2. The Labute approximate surface area is 384 Å². The van der Waals surface area contributed by atoms with Crippen molar-refractivity contribution in [1.29, 1.82) is 0 Å². The lowest BCUT2D eigenvalue weighted by Gasteiger charge is -2.30. The number of rotatable bonds is 14. The standard InChI is InChI=1S/C51H58N8O7/c1-7-8-9-11-29(4)44(56-48(60)31-13-14-31)50(62)58-19-10-12-40(58)46-52-24-39(54-46)33-15-17-35-34(21-33)27-66-42-23-36-32(22-37(35)42)16-18-38-45(36)55-47(53-38)41-20-30(26-64-5)25-59(41)49(61)43(28(2)3)57-51(63)65-6/h7-9,11,15-18,21-24,28,30-31,40-41,43-44H,4,10,12-14,19-20,25-27H2,1-3,5-6H3,(H,52,54)(H,53,55)(H,56,60)(H,57,63)/b8-7-,11-9-/t30-,40-,41-,43-,44+/m0/s1. The number of hydrogen-bond acceptors (Lipinski definition) is 9. The van der Waals surface area contributed by atoms with Crippen LogP contribution in [0.25, 0.3) is 44.2 Å². The number of allylic oxidation sites excluding steroid dienone is 3. The van der Waals surface area contributed by atoms with Crippen molar-refractivity contribution in [2.24, 2.45) is 17.8 Å². The highest BCUT2D eigenvalue weighted by Gasteiger charge is 2.42. The molecule has 15 nitrogen and oxygen atoms in total. The summed E-state index contributed by atoms with van der Waals surface area (Å²) in [5.74, 6) is 1.55. The SMILES string of the molecule is C=C(/C=C\C=C/C)[C@@H](NC(=O)C1CC1)C(=O)N1CCC[C@H]1c1ncc(-c2ccc3c(c2)COc2cc4c(ccc5[nH]c([C@@H]6C[C@H](COC)CN6C(=O)[C@@H](NC(=O)OC)C(C)C)nc54)cc2-3)[nH]1. The van der Waals surface area contributed by atoms with Crippen LogP contribution in [0.5, 0.6) is 5.75 Å². The zero-order valence-electron chi connectivity index (χ0n) is 38.2. The van der Waals surface area contributed by atoms with Gasteiger partial charge < -0.3 is 44.6 Å². The minimum absolute atomic E-state index is 0.0416. The molecule has 3 aliphatic heterocycles. The quantitative estimate of drug-likeness (QED) is 0.0808. The maximum absolute atomic E-state index is 14.2. The van der Waals surface area contributed by atoms with Crippen LogP contribution in [0, 0.1) is 17.8 Å². The van der Waals surface area contributed by atoms with Crippen LogP contribution in [0.1, 0.15) is 82.2 Å². The third-order valence-corrected chi connectivity index (χ3v) is 13.4. The molecule has 1 aliphatic carbocycles. The molecular weight excluding hydrogens is 837 g/mol. The molecule has 0 spiro atoms. The van der Waals surface area contributed by atoms with Gasteiger partial charge in [0, 0.05) is 43.0 Å². The third kappa shape index (κ3) is 8.71. The van der Waals surface area contributed by atoms with Crippen molar-refractivity contribution in [2.45, 2.75) is 83.6 Å². The fraction of sp³-hybridized carbons (Fsp3) is 0.412. The number of likely N-dealkylation sites (tertiary alicyclic amines) is 2. The number of H-pyrrole nitrogens is 2. The van der Waals surface area contributed by atoms with Crippen LogP contribution in [0.4, 0.5) is 4.79 Å². The van der Waals surface area contributed by atoms with Crippen molar-refractivity contribution in [1.82, 2.24) is 40.4 Å². The van der Waals surface area contributed by atoms with Gasteiger partial charge in [-0.05, 0) is 96.9 Å². The second-order valence-electron chi connectivity index (χ2n) is 18.3. The highest BCUT2D eigenvalue weighted by molar-refractivity contribution is 6.07. The summed E-state index contributed by atoms with van der Waals surface area (Å²) in [6, 6.07) is 12.4. The molecule has 4 aliphatic rings. The van der Waals surface area contributed by atoms with Crippen molar-refractivity contribution < 1.29 is 33.4 Å². The number of alkyl carbamates (subject to hydrolysis) is 1. The van der Waals surface area contributed by atoms with Crippen molar-refractivity contribution in [3.05, 3.63) is 102 Å². The number of hydrogen-bond donors (Lipinski definition) is 4. The van der Waals surface area contributed by atoms with Crippen molar-refractivity contribution in [3.63, 3.8) is 0 Å². The molecule has 5 atom stereocenters. The van der Waals surface area contributed by atoms with Gasteiger partial charge in [-0.25, -0.2) is 14.8 Å². The number of fused-ring (bicyclic) bond motifs is 6. The Morgan fingerprint density at radius 3 is 2.55 bits per heavy atom. The van der Waals surface area contributed by atoms with Gasteiger partial charge in [-0.15, -0.1) is 0 Å². The van der Waals surface area contributed by atoms with Gasteiger partial charge in [0.15, 0.2) is 0 Å². The maximum Gasteiger partial charge on any atom is 0.407 e. The van der Waals surface area contributed by atoms with E-state index in [1.165, 1.54) is 7.11 Å². The Morgan fingerprint density at radius 1 is 0.955 bits per heavy atom. The van der Waals surface area contributed by atoms with Crippen LogP contribution < -0.4 is 15.4 Å². The summed E-state index contributed by atoms with van der Waals surface area (Å²) in [5, 5.41) is 7.66. The summed E-state index contributed by atoms with van der Waals surface area (Å²) in [7, 11) is 2.95. The molecule has 66 heavy (non-hydrogen) atoms. The van der Waals surface area contributed by atoms with E-state index in [0.717, 1.165) is 81.2 Å². The van der Waals surface area contributed by atoms with Crippen LogP contribution in [0.2, 0.25) is 0 Å². The first kappa shape index (κ1) is 44.5. The molecule has 15 heteroatoms. The zero-order valence-corrected chi connectivity index (χ0v) is 38.2. The third-order valence-electron chi connectivity index (χ3n) is 13.4. The molecule has 5 aromatic rings. The van der Waals surface area contributed by atoms with Gasteiger partial charge in [0.25, 0.3) is 0 Å². The van der Waals surface area contributed by atoms with E-state index in [1.807, 2.05) is 61.1 Å². The first-order valence-electron chi connectivity index (χ1n) is 23.0. The van der Waals surface area contributed by atoms with E-state index >= 15 is 0 Å². The van der Waals surface area contributed by atoms with Crippen LogP contribution in [-0.4, -0.2) is 99.6 Å². The van der Waals surface area contributed by atoms with Gasteiger partial charge >= 0.3 is 6.09 Å². The van der Waals surface area contributed by atoms with Crippen LogP contribution in [0.15, 0.2) is 85.1 Å². The van der Waals surface area contributed by atoms with Crippen LogP contribution >= 0.6 is 0 Å². The van der Waals surface area contributed by atoms with Crippen LogP contribution in [-0.2, 0) is 30.5 Å². The molecule has 0 bridgehead atoms. The average Bonchev–Trinajstić information content (AvgIpc) is 3.68. The first-order chi connectivity index (χ1) is 32.0. The second kappa shape index (κ2) is 18.6. The van der Waals surface area contributed by atoms with Crippen molar-refractivity contribution in [2.75, 3.05) is 33.9 Å². The molecule has 0 unspecified atom stereocenters. The lowest BCUT2D eigenvalue weighted by atomic mass is 9.92. The number of ether oxygens (including phenoxy) is 3. The smallest absolute Gasteiger partial charge is 0.407 e. The molecular formula is C51H58N8O7. The lowest BCUT2D eigenvalue weighted by Crippen LogP contribution is -2.51. The van der Waals surface area contributed by atoms with E-state index in [4.69, 9.17) is 24.2 Å². The number of nitrogens with zero attached hydrogens (tertiary/aromatic N) is 4. The molecule has 9 rings (SSSR count). The van der Waals surface area contributed by atoms with Crippen molar-refractivity contribution in [3.8, 4) is 28.1 Å². The van der Waals surface area contributed by atoms with E-state index in [9.17, 15) is 19.2 Å². The number of aromatic amines is 2. The number of benzene rings is 3. The van der Waals surface area contributed by atoms with E-state index in [1.54, 1.807) is 13.2 Å². The predicted octanol–water partition coefficient (Wildman–Crippen LogP) is 7.83. The lowest BCUT2D eigenvalue weighted by molar-refractivity contribution is -0.136. The summed E-state index contributed by atoms with van der Waals surface area (Å²) < 4.78 is 16.8. The molecule has 5 heterocycles. The number of aromatic nitrogens is 4. The van der Waals surface area contributed by atoms with Gasteiger partial charge in [0.1, 0.15) is 36.1 Å². The monoisotopic (exact) mass is 894 g/mol. The van der Waals surface area contributed by atoms with Gasteiger partial charge in [0.05, 0.1) is 48.7 Å². The van der Waals surface area contributed by atoms with Gasteiger partial charge in [-0.2, -0.15) is 0 Å². The summed E-state index contributed by atoms with van der Waals surface area (Å²) in [6.45, 7) is 11.8. The van der Waals surface area contributed by atoms with E-state index < -0.39 is 18.2 Å². The number of amides is 4. The summed E-state index contributed by atoms with van der Waals surface area (Å²) in [4.78, 5) is 74.0. The second-order valence-corrected chi connectivity index (χ2v) is 18.3. The van der Waals surface area contributed by atoms with Gasteiger partial charge in [-0.1, -0.05) is 62.9 Å². The number of nitrogens with one attached hydrogen (secondary N) is 4. The molecule has 1 saturated carbocycles. The average molecular weight is 895 g/mol. The highest BCUT2D eigenvalue weighted by atomic mass is 16.5. The molecule has 2 saturated heterocycles. The minimum atomic E-state index is -0.852. The fourth-order valence-electron chi connectivity index (χ4n) is 9.73. The maximum atomic E-state index is 14.2. The Balaban J connectivity index is 0.954. The summed E-state index contributed by atoms with van der Waals surface area (Å²) in [5.41, 5.74) is 7.05. The molecule has 0 radical (unpaired) electrons. The molecule has 4 N–H and O–H groups in total. The Bertz CT molecular complexity index is 2770. The molecule has 3 aromatic carbocycles. The number of methoxy groups -OCH3 is 2. The summed E-state index contributed by atoms with van der Waals surface area (Å²) in [6.07, 6.45) is 12.5. The van der Waals surface area contributed by atoms with Crippen LogP contribution in [0.3, 0.4) is 0 Å². The number of imidazole rings is 2. The van der Waals surface area contributed by atoms with Gasteiger partial charge in [0.2, 0.25) is 17.7 Å². The molecule has 3 fully saturated rings. The Kier molecular flexibility index (Phi) is 12.5. The molecule has 4 amide bonds. The predicted molar refractivity (Wildman–Crippen MR) is 251 cm³/mol. The highest BCUT2D eigenvalue weighted by Crippen LogP contribution is 2.44. The Hall–Kier alpha value is -6.74. The largest absolute Gasteiger partial charge is 0.488 e. The Morgan fingerprint density at radius 2 is 1.79 bits per heavy atom. The molecule has 344 valence electrons. The van der Waals surface area contributed by atoms with Crippen molar-refractivity contribution >= 4 is 45.6 Å². The molecule has 2 aromatic heterocycles. The minimum Gasteiger partial charge on any atom is -0.488 e. The van der Waals surface area contributed by atoms with E-state index in [-0.39, 0.29) is 47.6 Å². The van der Waals surface area contributed by atoms with E-state index in [0.29, 0.717) is 49.9 Å². The summed E-state index contributed by atoms with van der Waals surface area (Å²) >= 11 is 0. The topological polar surface area (TPSA) is 184 Å². The number of carbonyl (C=O) groups excluding carboxylic acids is 4.